The highest BCUT2D eigenvalue weighted by Gasteiger charge is 2.42. The van der Waals surface area contributed by atoms with Crippen LogP contribution in [0.15, 0.2) is 36.4 Å². The second-order valence-electron chi connectivity index (χ2n) is 7.81. The molecule has 4 N–H and O–H groups in total. The average Bonchev–Trinajstić information content (AvgIpc) is 3.42. The SMILES string of the molecule is O=C(NCCc1c(-c2ccc(F)cc2)[nH]c2c(F)cc(F)cc12)NCC1(CO)CC1. The first-order valence-electron chi connectivity index (χ1n) is 9.79. The number of carbonyl (C=O) groups excluding carboxylic acids is 1. The van der Waals surface area contributed by atoms with Gasteiger partial charge in [-0.3, -0.25) is 0 Å². The minimum absolute atomic E-state index is 0.0424. The Morgan fingerprint density at radius 1 is 1.07 bits per heavy atom. The largest absolute Gasteiger partial charge is 0.396 e. The number of nitrogens with one attached hydrogen (secondary N) is 3. The van der Waals surface area contributed by atoms with Crippen molar-refractivity contribution in [3.8, 4) is 11.3 Å². The van der Waals surface area contributed by atoms with Crippen molar-refractivity contribution in [2.45, 2.75) is 19.3 Å². The van der Waals surface area contributed by atoms with Gasteiger partial charge in [0, 0.05) is 35.7 Å². The van der Waals surface area contributed by atoms with E-state index in [0.717, 1.165) is 18.9 Å². The molecule has 4 rings (SSSR count). The predicted molar refractivity (Wildman–Crippen MR) is 107 cm³/mol. The Hall–Kier alpha value is -3.00. The minimum atomic E-state index is -0.718. The summed E-state index contributed by atoms with van der Waals surface area (Å²) in [5, 5.41) is 15.2. The quantitative estimate of drug-likeness (QED) is 0.471. The summed E-state index contributed by atoms with van der Waals surface area (Å²) >= 11 is 0. The molecule has 0 unspecified atom stereocenters. The molecule has 5 nitrogen and oxygen atoms in total. The zero-order valence-corrected chi connectivity index (χ0v) is 16.2. The number of aromatic amines is 1. The second-order valence-corrected chi connectivity index (χ2v) is 7.81. The lowest BCUT2D eigenvalue weighted by atomic mass is 10.0. The van der Waals surface area contributed by atoms with Crippen LogP contribution in [0.3, 0.4) is 0 Å². The molecule has 8 heteroatoms. The highest BCUT2D eigenvalue weighted by atomic mass is 19.1. The Morgan fingerprint density at radius 2 is 1.80 bits per heavy atom. The Labute approximate surface area is 171 Å². The van der Waals surface area contributed by atoms with Gasteiger partial charge in [-0.25, -0.2) is 18.0 Å². The fourth-order valence-electron chi connectivity index (χ4n) is 3.60. The van der Waals surface area contributed by atoms with E-state index in [1.165, 1.54) is 18.2 Å². The van der Waals surface area contributed by atoms with E-state index in [0.29, 0.717) is 35.2 Å². The number of fused-ring (bicyclic) bond motifs is 1. The molecule has 0 aliphatic heterocycles. The maximum Gasteiger partial charge on any atom is 0.314 e. The molecule has 0 saturated heterocycles. The van der Waals surface area contributed by atoms with Gasteiger partial charge in [0.05, 0.1) is 12.1 Å². The van der Waals surface area contributed by atoms with Crippen molar-refractivity contribution in [1.82, 2.24) is 15.6 Å². The molecule has 0 spiro atoms. The van der Waals surface area contributed by atoms with E-state index < -0.39 is 17.5 Å². The van der Waals surface area contributed by atoms with Gasteiger partial charge in [0.2, 0.25) is 0 Å². The maximum atomic E-state index is 14.3. The highest BCUT2D eigenvalue weighted by Crippen LogP contribution is 2.44. The van der Waals surface area contributed by atoms with Gasteiger partial charge in [-0.15, -0.1) is 0 Å². The molecule has 1 aliphatic carbocycles. The van der Waals surface area contributed by atoms with Crippen LogP contribution in [-0.4, -0.2) is 35.8 Å². The van der Waals surface area contributed by atoms with Crippen LogP contribution < -0.4 is 10.6 Å². The smallest absolute Gasteiger partial charge is 0.314 e. The van der Waals surface area contributed by atoms with Crippen molar-refractivity contribution in [2.75, 3.05) is 19.7 Å². The van der Waals surface area contributed by atoms with Gasteiger partial charge in [0.25, 0.3) is 0 Å². The molecular weight excluding hydrogens is 395 g/mol. The van der Waals surface area contributed by atoms with Crippen LogP contribution in [0.25, 0.3) is 22.2 Å². The fraction of sp³-hybridized carbons (Fsp3) is 0.318. The van der Waals surface area contributed by atoms with Crippen molar-refractivity contribution in [3.05, 3.63) is 59.4 Å². The second kappa shape index (κ2) is 8.02. The van der Waals surface area contributed by atoms with Gasteiger partial charge in [0.15, 0.2) is 0 Å². The third-order valence-electron chi connectivity index (χ3n) is 5.64. The molecular formula is C22H22F3N3O2. The molecule has 0 bridgehead atoms. The summed E-state index contributed by atoms with van der Waals surface area (Å²) in [6.45, 7) is 0.678. The number of benzene rings is 2. The minimum Gasteiger partial charge on any atom is -0.396 e. The topological polar surface area (TPSA) is 77.2 Å². The van der Waals surface area contributed by atoms with Crippen LogP contribution in [0.1, 0.15) is 18.4 Å². The first-order chi connectivity index (χ1) is 14.4. The number of urea groups is 1. The number of rotatable bonds is 7. The van der Waals surface area contributed by atoms with E-state index in [-0.39, 0.29) is 30.1 Å². The molecule has 158 valence electrons. The number of carbonyl (C=O) groups is 1. The number of aliphatic hydroxyl groups is 1. The lowest BCUT2D eigenvalue weighted by molar-refractivity contribution is 0.203. The molecule has 0 radical (unpaired) electrons. The van der Waals surface area contributed by atoms with Gasteiger partial charge in [-0.05, 0) is 60.7 Å². The lowest BCUT2D eigenvalue weighted by Crippen LogP contribution is -2.40. The first kappa shape index (κ1) is 20.3. The Morgan fingerprint density at radius 3 is 2.47 bits per heavy atom. The highest BCUT2D eigenvalue weighted by molar-refractivity contribution is 5.91. The van der Waals surface area contributed by atoms with Crippen LogP contribution in [-0.2, 0) is 6.42 Å². The summed E-state index contributed by atoms with van der Waals surface area (Å²) in [6.07, 6.45) is 2.09. The van der Waals surface area contributed by atoms with Crippen LogP contribution in [0.2, 0.25) is 0 Å². The van der Waals surface area contributed by atoms with E-state index >= 15 is 0 Å². The molecule has 2 amide bonds. The molecule has 1 aromatic heterocycles. The molecule has 2 aromatic carbocycles. The van der Waals surface area contributed by atoms with Crippen molar-refractivity contribution < 1.29 is 23.1 Å². The zero-order valence-electron chi connectivity index (χ0n) is 16.2. The fourth-order valence-corrected chi connectivity index (χ4v) is 3.60. The summed E-state index contributed by atoms with van der Waals surface area (Å²) < 4.78 is 41.4. The monoisotopic (exact) mass is 417 g/mol. The van der Waals surface area contributed by atoms with Crippen molar-refractivity contribution in [1.29, 1.82) is 0 Å². The van der Waals surface area contributed by atoms with Crippen LogP contribution in [0.5, 0.6) is 0 Å². The summed E-state index contributed by atoms with van der Waals surface area (Å²) in [5.74, 6) is -1.82. The molecule has 1 fully saturated rings. The molecule has 1 saturated carbocycles. The van der Waals surface area contributed by atoms with Crippen molar-refractivity contribution >= 4 is 16.9 Å². The van der Waals surface area contributed by atoms with Gasteiger partial charge in [0.1, 0.15) is 17.5 Å². The molecule has 1 heterocycles. The molecule has 3 aromatic rings. The van der Waals surface area contributed by atoms with Gasteiger partial charge >= 0.3 is 6.03 Å². The predicted octanol–water partition coefficient (Wildman–Crippen LogP) is 3.87. The van der Waals surface area contributed by atoms with Crippen LogP contribution in [0.4, 0.5) is 18.0 Å². The van der Waals surface area contributed by atoms with Crippen molar-refractivity contribution in [2.24, 2.45) is 5.41 Å². The summed E-state index contributed by atoms with van der Waals surface area (Å²) in [6, 6.07) is 7.39. The maximum absolute atomic E-state index is 14.3. The van der Waals surface area contributed by atoms with E-state index in [2.05, 4.69) is 15.6 Å². The van der Waals surface area contributed by atoms with Gasteiger partial charge in [-0.2, -0.15) is 0 Å². The standard InChI is InChI=1S/C22H22F3N3O2/c23-14-3-1-13(2-4-14)19-16(17-9-15(24)10-18(25)20(17)28-19)5-8-26-21(30)27-11-22(12-29)6-7-22/h1-4,9-10,28-29H,5-8,11-12H2,(H2,26,27,30). The number of H-pyrrole nitrogens is 1. The van der Waals surface area contributed by atoms with Crippen LogP contribution >= 0.6 is 0 Å². The summed E-state index contributed by atoms with van der Waals surface area (Å²) in [7, 11) is 0. The third kappa shape index (κ3) is 4.14. The Balaban J connectivity index is 1.53. The summed E-state index contributed by atoms with van der Waals surface area (Å²) in [5.41, 5.74) is 1.77. The number of hydrogen-bond acceptors (Lipinski definition) is 2. The van der Waals surface area contributed by atoms with E-state index in [9.17, 15) is 23.1 Å². The Kier molecular flexibility index (Phi) is 5.42. The normalized spacial score (nSPS) is 14.7. The summed E-state index contributed by atoms with van der Waals surface area (Å²) in [4.78, 5) is 15.0. The Bertz CT molecular complexity index is 1080. The van der Waals surface area contributed by atoms with E-state index in [1.807, 2.05) is 0 Å². The third-order valence-corrected chi connectivity index (χ3v) is 5.64. The van der Waals surface area contributed by atoms with Crippen molar-refractivity contribution in [3.63, 3.8) is 0 Å². The van der Waals surface area contributed by atoms with E-state index in [1.54, 1.807) is 12.1 Å². The van der Waals surface area contributed by atoms with E-state index in [4.69, 9.17) is 0 Å². The van der Waals surface area contributed by atoms with Gasteiger partial charge < -0.3 is 20.7 Å². The number of hydrogen-bond donors (Lipinski definition) is 4. The first-order valence-corrected chi connectivity index (χ1v) is 9.79. The number of aliphatic hydroxyl groups excluding tert-OH is 1. The van der Waals surface area contributed by atoms with Gasteiger partial charge in [-0.1, -0.05) is 0 Å². The molecule has 1 aliphatic rings. The molecule has 30 heavy (non-hydrogen) atoms. The number of halogens is 3. The zero-order chi connectivity index (χ0) is 21.3. The van der Waals surface area contributed by atoms with Crippen LogP contribution in [0, 0.1) is 22.9 Å². The number of amides is 2. The average molecular weight is 417 g/mol. The lowest BCUT2D eigenvalue weighted by Gasteiger charge is -2.13. The number of aromatic nitrogens is 1. The molecule has 0 atom stereocenters.